The molecule has 0 saturated heterocycles. The molecule has 0 bridgehead atoms. The summed E-state index contributed by atoms with van der Waals surface area (Å²) in [5.74, 6) is -2.57. The Morgan fingerprint density at radius 1 is 0.789 bits per heavy atom. The van der Waals surface area contributed by atoms with Crippen molar-refractivity contribution >= 4 is 35.7 Å². The number of rotatable bonds is 10. The van der Waals surface area contributed by atoms with Crippen LogP contribution in [0.15, 0.2) is 93.1 Å². The van der Waals surface area contributed by atoms with Crippen LogP contribution in [0.5, 0.6) is 23.0 Å². The second-order valence-electron chi connectivity index (χ2n) is 6.50. The Labute approximate surface area is 243 Å². The molecule has 0 saturated carbocycles. The predicted molar refractivity (Wildman–Crippen MR) is 134 cm³/mol. The molecule has 0 amide bonds. The average Bonchev–Trinajstić information content (AvgIpc) is 2.90. The Bertz CT molecular complexity index is 1240. The summed E-state index contributed by atoms with van der Waals surface area (Å²) >= 11 is 0. The fourth-order valence-electron chi connectivity index (χ4n) is 2.30. The fraction of sp³-hybridized carbons (Fsp3) is 0.0357. The van der Waals surface area contributed by atoms with Crippen LogP contribution < -0.4 is 18.9 Å². The van der Waals surface area contributed by atoms with Gasteiger partial charge in [-0.25, -0.2) is 31.8 Å². The minimum atomic E-state index is -0.762. The first-order valence-corrected chi connectivity index (χ1v) is 10.2. The number of carbonyl (C=O) groups excluding carboxylic acids is 5. The number of ether oxygens (including phenoxy) is 4. The van der Waals surface area contributed by atoms with Crippen LogP contribution >= 0.6 is 0 Å². The van der Waals surface area contributed by atoms with Gasteiger partial charge in [0.25, 0.3) is 0 Å². The van der Waals surface area contributed by atoms with E-state index in [1.165, 1.54) is 42.7 Å². The molecule has 0 aliphatic heterocycles. The van der Waals surface area contributed by atoms with E-state index in [1.807, 2.05) is 0 Å². The normalized spacial score (nSPS) is 9.55. The van der Waals surface area contributed by atoms with E-state index < -0.39 is 23.9 Å². The molecule has 0 aliphatic carbocycles. The van der Waals surface area contributed by atoms with Crippen molar-refractivity contribution in [3.8, 4) is 23.0 Å². The van der Waals surface area contributed by atoms with Crippen molar-refractivity contribution in [2.75, 3.05) is 0 Å². The Morgan fingerprint density at radius 2 is 1.34 bits per heavy atom. The quantitative estimate of drug-likeness (QED) is 0.154. The zero-order chi connectivity index (χ0) is 27.8. The van der Waals surface area contributed by atoms with Crippen LogP contribution in [-0.4, -0.2) is 30.2 Å². The first-order chi connectivity index (χ1) is 17.7. The minimum Gasteiger partial charge on any atom is -0.487 e. The van der Waals surface area contributed by atoms with Crippen LogP contribution in [0.1, 0.15) is 12.5 Å². The molecule has 2 aromatic rings. The number of esters is 4. The van der Waals surface area contributed by atoms with Gasteiger partial charge in [0.2, 0.25) is 0 Å². The van der Waals surface area contributed by atoms with E-state index in [9.17, 15) is 19.2 Å². The summed E-state index contributed by atoms with van der Waals surface area (Å²) in [7, 11) is 0. The number of carbonyl (C=O) groups is 4. The Morgan fingerprint density at radius 3 is 1.84 bits per heavy atom. The van der Waals surface area contributed by atoms with E-state index in [0.29, 0.717) is 11.1 Å². The van der Waals surface area contributed by atoms with Gasteiger partial charge in [-0.05, 0) is 36.5 Å². The Kier molecular flexibility index (Phi) is 16.0. The third-order valence-electron chi connectivity index (χ3n) is 3.92. The Hall–Kier alpha value is -4.26. The summed E-state index contributed by atoms with van der Waals surface area (Å²) in [6.45, 7) is 14.6. The van der Waals surface area contributed by atoms with Gasteiger partial charge in [0, 0.05) is 35.8 Å². The van der Waals surface area contributed by atoms with E-state index in [2.05, 4.69) is 32.4 Å². The predicted octanol–water partition coefficient (Wildman–Crippen LogP) is 4.05. The van der Waals surface area contributed by atoms with Crippen molar-refractivity contribution in [1.82, 2.24) is 0 Å². The van der Waals surface area contributed by atoms with E-state index in [0.717, 1.165) is 24.3 Å². The maximum absolute atomic E-state index is 12.3. The molecule has 0 aromatic heterocycles. The zero-order valence-electron chi connectivity index (χ0n) is 20.4. The number of hydrogen-bond donors (Lipinski definition) is 0. The third-order valence-corrected chi connectivity index (χ3v) is 3.92. The molecule has 0 spiro atoms. The summed E-state index contributed by atoms with van der Waals surface area (Å²) in [4.78, 5) is 55.5. The molecular formula is C28H22O9U. The minimum absolute atomic E-state index is 0. The topological polar surface area (TPSA) is 122 Å². The van der Waals surface area contributed by atoms with E-state index >= 15 is 0 Å². The largest absolute Gasteiger partial charge is 2.00 e. The molecule has 9 nitrogen and oxygen atoms in total. The van der Waals surface area contributed by atoms with Crippen molar-refractivity contribution in [1.29, 1.82) is 0 Å². The van der Waals surface area contributed by atoms with Gasteiger partial charge in [0.1, 0.15) is 0 Å². The van der Waals surface area contributed by atoms with Gasteiger partial charge in [-0.1, -0.05) is 25.8 Å². The van der Waals surface area contributed by atoms with Crippen molar-refractivity contribution in [3.63, 3.8) is 0 Å². The van der Waals surface area contributed by atoms with Gasteiger partial charge in [-0.15, -0.1) is 24.3 Å². The number of benzene rings is 2. The molecule has 2 rings (SSSR count). The molecule has 192 valence electrons. The van der Waals surface area contributed by atoms with Gasteiger partial charge in [-0.2, -0.15) is 0 Å². The molecule has 0 fully saturated rings. The van der Waals surface area contributed by atoms with Crippen LogP contribution in [0.25, 0.3) is 5.57 Å². The van der Waals surface area contributed by atoms with Crippen LogP contribution in [0.4, 0.5) is 0 Å². The maximum Gasteiger partial charge on any atom is 2.00 e. The molecule has 2 aromatic carbocycles. The molecule has 0 N–H and O–H groups in total. The maximum atomic E-state index is 12.3. The summed E-state index contributed by atoms with van der Waals surface area (Å²) in [5.41, 5.74) is 0.966. The van der Waals surface area contributed by atoms with E-state index in [4.69, 9.17) is 23.7 Å². The molecule has 0 heterocycles. The van der Waals surface area contributed by atoms with E-state index in [-0.39, 0.29) is 54.1 Å². The molecule has 0 radical (unpaired) electrons. The molecule has 0 unspecified atom stereocenters. The van der Waals surface area contributed by atoms with Gasteiger partial charge in [0.15, 0.2) is 11.5 Å². The van der Waals surface area contributed by atoms with Crippen LogP contribution in [0.2, 0.25) is 0 Å². The first kappa shape index (κ1) is 33.7. The molecule has 10 heteroatoms. The number of hydrogen-bond acceptors (Lipinski definition) is 9. The summed E-state index contributed by atoms with van der Waals surface area (Å²) in [6, 6.07) is 11.2. The van der Waals surface area contributed by atoms with Crippen molar-refractivity contribution in [3.05, 3.63) is 105 Å². The molecular weight excluding hydrogens is 718 g/mol. The molecule has 0 atom stereocenters. The zero-order valence-corrected chi connectivity index (χ0v) is 24.5. The third kappa shape index (κ3) is 12.1. The monoisotopic (exact) mass is 740 g/mol. The van der Waals surface area contributed by atoms with Gasteiger partial charge < -0.3 is 23.7 Å². The summed E-state index contributed by atoms with van der Waals surface area (Å²) < 4.78 is 20.3. The van der Waals surface area contributed by atoms with Crippen LogP contribution in [0.3, 0.4) is 0 Å². The van der Waals surface area contributed by atoms with Gasteiger partial charge in [-0.3, -0.25) is 0 Å². The fourth-order valence-corrected chi connectivity index (χ4v) is 2.30. The standard InChI is InChI=1S/C25H19O8.C3H3O.U/c1-5-22(26)30-18-9-11-19(12-10-18)31-25(29)14-16(4)17-8-13-20(32-23(27)6-2)21(15-17)33-24(28)7-3;1-2-3-4;/h5-9,11-15H,1-3H2,4H3;2H,1H2;/q2*-1;+2/b16-14+;;. The summed E-state index contributed by atoms with van der Waals surface area (Å²) in [5, 5.41) is 0. The second kappa shape index (κ2) is 18.1. The van der Waals surface area contributed by atoms with Crippen LogP contribution in [-0.2, 0) is 24.0 Å². The van der Waals surface area contributed by atoms with Crippen molar-refractivity contribution < 1.29 is 74.0 Å². The first-order valence-electron chi connectivity index (χ1n) is 10.2. The molecule has 0 aliphatic rings. The summed E-state index contributed by atoms with van der Waals surface area (Å²) in [6.07, 6.45) is 6.65. The van der Waals surface area contributed by atoms with Crippen molar-refractivity contribution in [2.24, 2.45) is 0 Å². The Balaban J connectivity index is 0.00000255. The average molecular weight is 741 g/mol. The van der Waals surface area contributed by atoms with E-state index in [1.54, 1.807) is 13.0 Å². The van der Waals surface area contributed by atoms with Crippen LogP contribution in [0, 0.1) is 37.2 Å². The SMILES string of the molecule is C=CC(=O)Oc1[c-]cc(OC(=O)/C=C(\C)c2ccc(OC(=O)C=C)c(OC(=O)C=C)c2)cc1.C=C[C-]=O.[U+2]. The van der Waals surface area contributed by atoms with Gasteiger partial charge in [0.05, 0.1) is 0 Å². The number of allylic oxidation sites excluding steroid dienone is 2. The second-order valence-corrected chi connectivity index (χ2v) is 6.50. The smallest absolute Gasteiger partial charge is 0.487 e. The van der Waals surface area contributed by atoms with Crippen molar-refractivity contribution in [2.45, 2.75) is 6.92 Å². The molecule has 38 heavy (non-hydrogen) atoms. The van der Waals surface area contributed by atoms with Gasteiger partial charge >= 0.3 is 55.0 Å².